The van der Waals surface area contributed by atoms with Crippen LogP contribution in [0.25, 0.3) is 0 Å². The molecule has 0 radical (unpaired) electrons. The average Bonchev–Trinajstić information content (AvgIpc) is 2.33. The van der Waals surface area contributed by atoms with Crippen LogP contribution in [0, 0.1) is 71.0 Å². The Labute approximate surface area is 100 Å². The molecule has 0 saturated carbocycles. The monoisotopic (exact) mass is 186 g/mol. The fourth-order valence-electron chi connectivity index (χ4n) is 0. The van der Waals surface area contributed by atoms with Gasteiger partial charge in [0.2, 0.25) is 0 Å². The summed E-state index contributed by atoms with van der Waals surface area (Å²) >= 11 is 0. The Morgan fingerprint density at radius 1 is 0.308 bits per heavy atom. The van der Waals surface area contributed by atoms with Gasteiger partial charge in [0.25, 0.3) is 0 Å². The predicted molar refractivity (Wildman–Crippen MR) is 47.2 cm³/mol. The molecule has 0 aliphatic heterocycles. The molecule has 0 rings (SSSR count). The Balaban J connectivity index is -0.00000000655. The Kier molecular flexibility index (Phi) is 1000. The van der Waals surface area contributed by atoms with Crippen molar-refractivity contribution in [2.24, 2.45) is 0 Å². The molecule has 0 atom stereocenters. The predicted octanol–water partition coefficient (Wildman–Crippen LogP) is 0.190. The first kappa shape index (κ1) is 69.6. The van der Waals surface area contributed by atoms with Crippen LogP contribution in [0.3, 0.4) is 0 Å². The van der Waals surface area contributed by atoms with Gasteiger partial charge in [0.1, 0.15) is 0 Å². The number of hydrogen-bond acceptors (Lipinski definition) is 6. The first-order chi connectivity index (χ1) is 6.00. The van der Waals surface area contributed by atoms with Gasteiger partial charge in [-0.05, 0) is 0 Å². The van der Waals surface area contributed by atoms with Crippen molar-refractivity contribution in [1.29, 1.82) is 31.6 Å². The molecule has 0 saturated heterocycles. The van der Waals surface area contributed by atoms with Gasteiger partial charge in [-0.3, -0.25) is 0 Å². The standard InChI is InChI=1S/6CHN.Na.H/c6*1-2;;/h6*1H;;. The van der Waals surface area contributed by atoms with Crippen LogP contribution in [-0.2, 0) is 0 Å². The third kappa shape index (κ3) is 148. The Bertz CT molecular complexity index is 92.1. The van der Waals surface area contributed by atoms with Gasteiger partial charge in [-0.2, -0.15) is 0 Å². The van der Waals surface area contributed by atoms with Crippen molar-refractivity contribution in [3.05, 3.63) is 0 Å². The fourth-order valence-corrected chi connectivity index (χ4v) is 0. The van der Waals surface area contributed by atoms with E-state index in [-0.39, 0.29) is 29.6 Å². The summed E-state index contributed by atoms with van der Waals surface area (Å²) in [7, 11) is 0. The molecule has 62 valence electrons. The average molecular weight is 186 g/mol. The van der Waals surface area contributed by atoms with Crippen LogP contribution in [0.2, 0.25) is 0 Å². The molecule has 0 fully saturated rings. The van der Waals surface area contributed by atoms with E-state index in [0.29, 0.717) is 0 Å². The molecule has 0 aromatic rings. The number of rotatable bonds is 0. The zero-order valence-electron chi connectivity index (χ0n) is 6.15. The normalized spacial score (nSPS) is 0.923. The first-order valence-electron chi connectivity index (χ1n) is 1.55. The van der Waals surface area contributed by atoms with Crippen molar-refractivity contribution in [2.45, 2.75) is 0 Å². The molecule has 0 aromatic carbocycles. The summed E-state index contributed by atoms with van der Waals surface area (Å²) < 4.78 is 0. The molecule has 0 N–H and O–H groups in total. The summed E-state index contributed by atoms with van der Waals surface area (Å²) in [5.74, 6) is 0. The molecule has 0 bridgehead atoms. The third-order valence-electron chi connectivity index (χ3n) is 0. The van der Waals surface area contributed by atoms with Crippen molar-refractivity contribution in [3.8, 4) is 39.4 Å². The van der Waals surface area contributed by atoms with E-state index >= 15 is 0 Å². The van der Waals surface area contributed by atoms with Crippen molar-refractivity contribution >= 4 is 29.6 Å². The van der Waals surface area contributed by atoms with Gasteiger partial charge in [0, 0.05) is 39.4 Å². The molecule has 13 heavy (non-hydrogen) atoms. The van der Waals surface area contributed by atoms with Crippen LogP contribution in [0.5, 0.6) is 0 Å². The maximum atomic E-state index is 6.50. The Morgan fingerprint density at radius 3 is 0.308 bits per heavy atom. The van der Waals surface area contributed by atoms with Crippen molar-refractivity contribution in [3.63, 3.8) is 0 Å². The van der Waals surface area contributed by atoms with Gasteiger partial charge >= 0.3 is 29.6 Å². The second-order valence-corrected chi connectivity index (χ2v) is 0. The molecule has 0 amide bonds. The van der Waals surface area contributed by atoms with Crippen LogP contribution in [0.15, 0.2) is 0 Å². The summed E-state index contributed by atoms with van der Waals surface area (Å²) in [5, 5.41) is 39.0. The van der Waals surface area contributed by atoms with E-state index in [9.17, 15) is 0 Å². The van der Waals surface area contributed by atoms with E-state index in [1.807, 2.05) is 0 Å². The second kappa shape index (κ2) is 187. The third-order valence-corrected chi connectivity index (χ3v) is 0. The molecule has 0 spiro atoms. The zero-order valence-corrected chi connectivity index (χ0v) is 6.15. The van der Waals surface area contributed by atoms with Gasteiger partial charge in [0.05, 0.1) is 0 Å². The van der Waals surface area contributed by atoms with Gasteiger partial charge in [0.15, 0.2) is 0 Å². The Morgan fingerprint density at radius 2 is 0.308 bits per heavy atom. The topological polar surface area (TPSA) is 143 Å². The summed E-state index contributed by atoms with van der Waals surface area (Å²) in [5.41, 5.74) is 0. The van der Waals surface area contributed by atoms with Crippen molar-refractivity contribution in [2.75, 3.05) is 0 Å². The Hall–Kier alpha value is -2.06. The molecular formula is C6H7N6Na. The van der Waals surface area contributed by atoms with Crippen molar-refractivity contribution in [1.82, 2.24) is 0 Å². The van der Waals surface area contributed by atoms with Gasteiger partial charge < -0.3 is 0 Å². The fraction of sp³-hybridized carbons (Fsp3) is 0. The van der Waals surface area contributed by atoms with Crippen LogP contribution in [0.4, 0.5) is 0 Å². The van der Waals surface area contributed by atoms with Gasteiger partial charge in [-0.25, -0.2) is 31.6 Å². The zero-order chi connectivity index (χ0) is 12.0. The van der Waals surface area contributed by atoms with Gasteiger partial charge in [-0.1, -0.05) is 0 Å². The number of nitriles is 6. The molecule has 0 aliphatic carbocycles. The van der Waals surface area contributed by atoms with E-state index in [0.717, 1.165) is 0 Å². The molecule has 0 heterocycles. The summed E-state index contributed by atoms with van der Waals surface area (Å²) in [6, 6.07) is 0. The molecule has 0 aliphatic rings. The van der Waals surface area contributed by atoms with E-state index in [1.54, 1.807) is 0 Å². The van der Waals surface area contributed by atoms with E-state index in [2.05, 4.69) is 39.4 Å². The van der Waals surface area contributed by atoms with Crippen LogP contribution < -0.4 is 0 Å². The number of nitrogens with zero attached hydrogens (tertiary/aromatic N) is 6. The molecule has 0 unspecified atom stereocenters. The van der Waals surface area contributed by atoms with Crippen LogP contribution >= 0.6 is 0 Å². The second-order valence-electron chi connectivity index (χ2n) is 0. The van der Waals surface area contributed by atoms with Gasteiger partial charge in [-0.15, -0.1) is 0 Å². The molecular weight excluding hydrogens is 179 g/mol. The summed E-state index contributed by atoms with van der Waals surface area (Å²) in [6.07, 6.45) is 0. The van der Waals surface area contributed by atoms with Crippen LogP contribution in [-0.4, -0.2) is 29.6 Å². The quantitative estimate of drug-likeness (QED) is 0.494. The maximum absolute atomic E-state index is 6.50. The summed E-state index contributed by atoms with van der Waals surface area (Å²) in [6.45, 7) is 21.0. The minimum atomic E-state index is 0. The van der Waals surface area contributed by atoms with E-state index in [1.165, 1.54) is 0 Å². The first-order valence-corrected chi connectivity index (χ1v) is 1.55. The molecule has 6 nitrogen and oxygen atoms in total. The summed E-state index contributed by atoms with van der Waals surface area (Å²) in [4.78, 5) is 0. The molecule has 0 aromatic heterocycles. The minimum absolute atomic E-state index is 0. The van der Waals surface area contributed by atoms with Crippen molar-refractivity contribution < 1.29 is 0 Å². The number of hydrogen-bond donors (Lipinski definition) is 0. The molecule has 7 heteroatoms. The van der Waals surface area contributed by atoms with E-state index < -0.39 is 0 Å². The SMILES string of the molecule is C#N.C#N.C#N.C#N.C#N.C#N.[NaH]. The van der Waals surface area contributed by atoms with Crippen LogP contribution in [0.1, 0.15) is 0 Å². The van der Waals surface area contributed by atoms with E-state index in [4.69, 9.17) is 31.6 Å².